The fourth-order valence-electron chi connectivity index (χ4n) is 3.68. The first kappa shape index (κ1) is 23.2. The summed E-state index contributed by atoms with van der Waals surface area (Å²) in [6.45, 7) is 3.85. The molecule has 1 fully saturated rings. The van der Waals surface area contributed by atoms with Crippen LogP contribution in [-0.4, -0.2) is 78.4 Å². The molecule has 11 heteroatoms. The second-order valence-corrected chi connectivity index (χ2v) is 7.31. The lowest BCUT2D eigenvalue weighted by molar-refractivity contribution is -0.132. The van der Waals surface area contributed by atoms with Crippen molar-refractivity contribution in [2.45, 2.75) is 26.3 Å². The first-order chi connectivity index (χ1) is 15.4. The SMILES string of the molecule is CCOC(=O)N1CCN(C(=O)CCCn2c(=O)[nH]c3cc(OC)c(OC)cc3c2=O)CC1. The molecule has 0 unspecified atom stereocenters. The van der Waals surface area contributed by atoms with Gasteiger partial charge in [0, 0.05) is 45.2 Å². The molecule has 0 aliphatic carbocycles. The van der Waals surface area contributed by atoms with Gasteiger partial charge in [0.25, 0.3) is 5.56 Å². The maximum Gasteiger partial charge on any atom is 0.409 e. The van der Waals surface area contributed by atoms with Gasteiger partial charge in [-0.15, -0.1) is 0 Å². The van der Waals surface area contributed by atoms with Crippen molar-refractivity contribution in [2.75, 3.05) is 47.0 Å². The van der Waals surface area contributed by atoms with E-state index in [-0.39, 0.29) is 25.0 Å². The number of ether oxygens (including phenoxy) is 3. The molecular weight excluding hydrogens is 420 g/mol. The molecule has 2 amide bonds. The molecule has 3 rings (SSSR count). The van der Waals surface area contributed by atoms with Crippen LogP contribution in [0.1, 0.15) is 19.8 Å². The Balaban J connectivity index is 1.63. The van der Waals surface area contributed by atoms with Crippen LogP contribution < -0.4 is 20.7 Å². The summed E-state index contributed by atoms with van der Waals surface area (Å²) >= 11 is 0. The lowest BCUT2D eigenvalue weighted by Gasteiger charge is -2.34. The Morgan fingerprint density at radius 1 is 1.00 bits per heavy atom. The molecule has 1 N–H and O–H groups in total. The Bertz CT molecular complexity index is 1100. The minimum Gasteiger partial charge on any atom is -0.493 e. The number of fused-ring (bicyclic) bond motifs is 1. The summed E-state index contributed by atoms with van der Waals surface area (Å²) in [5, 5.41) is 0.295. The zero-order valence-corrected chi connectivity index (χ0v) is 18.5. The predicted octanol–water partition coefficient (Wildman–Crippen LogP) is 0.788. The summed E-state index contributed by atoms with van der Waals surface area (Å²) in [5.74, 6) is 0.708. The zero-order valence-electron chi connectivity index (χ0n) is 18.5. The smallest absolute Gasteiger partial charge is 0.409 e. The van der Waals surface area contributed by atoms with Crippen molar-refractivity contribution < 1.29 is 23.8 Å². The second kappa shape index (κ2) is 10.2. The van der Waals surface area contributed by atoms with E-state index in [1.54, 1.807) is 22.8 Å². The van der Waals surface area contributed by atoms with Gasteiger partial charge in [0.1, 0.15) is 0 Å². The van der Waals surface area contributed by atoms with Gasteiger partial charge in [-0.05, 0) is 19.4 Å². The molecule has 1 aromatic carbocycles. The number of piperazine rings is 1. The number of amides is 2. The van der Waals surface area contributed by atoms with Crippen LogP contribution in [0, 0.1) is 0 Å². The number of nitrogens with one attached hydrogen (secondary N) is 1. The number of benzene rings is 1. The van der Waals surface area contributed by atoms with Gasteiger partial charge in [0.2, 0.25) is 5.91 Å². The number of nitrogens with zero attached hydrogens (tertiary/aromatic N) is 3. The van der Waals surface area contributed by atoms with Crippen LogP contribution in [0.25, 0.3) is 10.9 Å². The molecule has 2 aromatic rings. The maximum absolute atomic E-state index is 12.8. The molecule has 1 aromatic heterocycles. The van der Waals surface area contributed by atoms with E-state index in [9.17, 15) is 19.2 Å². The Hall–Kier alpha value is -3.50. The van der Waals surface area contributed by atoms with Gasteiger partial charge in [0.15, 0.2) is 11.5 Å². The predicted molar refractivity (Wildman–Crippen MR) is 116 cm³/mol. The van der Waals surface area contributed by atoms with E-state index in [0.29, 0.717) is 61.6 Å². The van der Waals surface area contributed by atoms with Crippen molar-refractivity contribution in [1.29, 1.82) is 0 Å². The summed E-state index contributed by atoms with van der Waals surface area (Å²) in [5.41, 5.74) is -0.658. The van der Waals surface area contributed by atoms with Crippen molar-refractivity contribution in [3.63, 3.8) is 0 Å². The van der Waals surface area contributed by atoms with Crippen molar-refractivity contribution in [1.82, 2.24) is 19.4 Å². The number of carbonyl (C=O) groups is 2. The molecule has 2 heterocycles. The van der Waals surface area contributed by atoms with Crippen molar-refractivity contribution in [3.8, 4) is 11.5 Å². The standard InChI is InChI=1S/C21H28N4O7/c1-4-32-21(29)24-10-8-23(9-11-24)18(26)6-5-7-25-19(27)14-12-16(30-2)17(31-3)13-15(14)22-20(25)28/h12-13H,4-11H2,1-3H3,(H,22,28). The Labute approximate surface area is 184 Å². The summed E-state index contributed by atoms with van der Waals surface area (Å²) in [7, 11) is 2.93. The molecule has 0 atom stereocenters. The number of aromatic nitrogens is 2. The first-order valence-electron chi connectivity index (χ1n) is 10.5. The van der Waals surface area contributed by atoms with Crippen LogP contribution in [-0.2, 0) is 16.1 Å². The van der Waals surface area contributed by atoms with Gasteiger partial charge in [0.05, 0.1) is 31.7 Å². The fourth-order valence-corrected chi connectivity index (χ4v) is 3.68. The summed E-state index contributed by atoms with van der Waals surface area (Å²) in [4.78, 5) is 55.5. The molecule has 174 valence electrons. The first-order valence-corrected chi connectivity index (χ1v) is 10.5. The molecule has 1 aliphatic rings. The van der Waals surface area contributed by atoms with Gasteiger partial charge < -0.3 is 29.0 Å². The van der Waals surface area contributed by atoms with Gasteiger partial charge in [-0.2, -0.15) is 0 Å². The van der Waals surface area contributed by atoms with E-state index in [2.05, 4.69) is 4.98 Å². The summed E-state index contributed by atoms with van der Waals surface area (Å²) < 4.78 is 16.5. The van der Waals surface area contributed by atoms with Gasteiger partial charge in [-0.25, -0.2) is 9.59 Å². The van der Waals surface area contributed by atoms with Crippen molar-refractivity contribution in [2.24, 2.45) is 0 Å². The maximum atomic E-state index is 12.8. The minimum atomic E-state index is -0.551. The van der Waals surface area contributed by atoms with E-state index < -0.39 is 11.2 Å². The average Bonchev–Trinajstić information content (AvgIpc) is 2.80. The van der Waals surface area contributed by atoms with Crippen LogP contribution in [0.2, 0.25) is 0 Å². The normalized spacial score (nSPS) is 13.8. The number of hydrogen-bond acceptors (Lipinski definition) is 7. The molecular formula is C21H28N4O7. The number of H-pyrrole nitrogens is 1. The van der Waals surface area contributed by atoms with Crippen LogP contribution in [0.4, 0.5) is 4.79 Å². The quantitative estimate of drug-likeness (QED) is 0.664. The fraction of sp³-hybridized carbons (Fsp3) is 0.524. The Morgan fingerprint density at radius 3 is 2.25 bits per heavy atom. The minimum absolute atomic E-state index is 0.0785. The van der Waals surface area contributed by atoms with E-state index >= 15 is 0 Å². The highest BCUT2D eigenvalue weighted by Gasteiger charge is 2.24. The molecule has 32 heavy (non-hydrogen) atoms. The lowest BCUT2D eigenvalue weighted by Crippen LogP contribution is -2.50. The van der Waals surface area contributed by atoms with Crippen LogP contribution in [0.5, 0.6) is 11.5 Å². The number of rotatable bonds is 7. The van der Waals surface area contributed by atoms with E-state index in [0.717, 1.165) is 4.57 Å². The highest BCUT2D eigenvalue weighted by molar-refractivity contribution is 5.81. The third-order valence-corrected chi connectivity index (χ3v) is 5.42. The molecule has 0 radical (unpaired) electrons. The van der Waals surface area contributed by atoms with Crippen LogP contribution in [0.15, 0.2) is 21.7 Å². The molecule has 11 nitrogen and oxygen atoms in total. The molecule has 0 bridgehead atoms. The summed E-state index contributed by atoms with van der Waals surface area (Å²) in [6, 6.07) is 3.07. The molecule has 1 saturated heterocycles. The third-order valence-electron chi connectivity index (χ3n) is 5.42. The van der Waals surface area contributed by atoms with E-state index in [1.807, 2.05) is 0 Å². The van der Waals surface area contributed by atoms with Gasteiger partial charge in [-0.1, -0.05) is 0 Å². The van der Waals surface area contributed by atoms with E-state index in [4.69, 9.17) is 14.2 Å². The topological polar surface area (TPSA) is 123 Å². The largest absolute Gasteiger partial charge is 0.493 e. The number of hydrogen-bond donors (Lipinski definition) is 1. The average molecular weight is 448 g/mol. The Kier molecular flexibility index (Phi) is 7.39. The number of carbonyl (C=O) groups excluding carboxylic acids is 2. The molecule has 0 spiro atoms. The van der Waals surface area contributed by atoms with E-state index in [1.165, 1.54) is 20.3 Å². The molecule has 0 saturated carbocycles. The van der Waals surface area contributed by atoms with Crippen LogP contribution in [0.3, 0.4) is 0 Å². The highest BCUT2D eigenvalue weighted by atomic mass is 16.6. The summed E-state index contributed by atoms with van der Waals surface area (Å²) in [6.07, 6.45) is 0.150. The number of aromatic amines is 1. The third kappa shape index (κ3) is 4.87. The zero-order chi connectivity index (χ0) is 23.3. The highest BCUT2D eigenvalue weighted by Crippen LogP contribution is 2.29. The monoisotopic (exact) mass is 448 g/mol. The van der Waals surface area contributed by atoms with Crippen molar-refractivity contribution >= 4 is 22.9 Å². The lowest BCUT2D eigenvalue weighted by atomic mass is 10.2. The second-order valence-electron chi connectivity index (χ2n) is 7.31. The molecule has 1 aliphatic heterocycles. The number of methoxy groups -OCH3 is 2. The van der Waals surface area contributed by atoms with Gasteiger partial charge >= 0.3 is 11.8 Å². The van der Waals surface area contributed by atoms with Crippen molar-refractivity contribution in [3.05, 3.63) is 33.0 Å². The Morgan fingerprint density at radius 2 is 1.62 bits per heavy atom. The van der Waals surface area contributed by atoms with Crippen LogP contribution >= 0.6 is 0 Å². The van der Waals surface area contributed by atoms with Gasteiger partial charge in [-0.3, -0.25) is 14.2 Å².